The number of methoxy groups -OCH3 is 1. The van der Waals surface area contributed by atoms with E-state index in [1.165, 1.54) is 17.9 Å². The molecule has 3 nitrogen and oxygen atoms in total. The third-order valence-electron chi connectivity index (χ3n) is 5.06. The molecule has 140 valence electrons. The Morgan fingerprint density at radius 2 is 1.88 bits per heavy atom. The van der Waals surface area contributed by atoms with Crippen LogP contribution in [0.4, 0.5) is 0 Å². The molecule has 25 heavy (non-hydrogen) atoms. The summed E-state index contributed by atoms with van der Waals surface area (Å²) in [4.78, 5) is 0. The second-order valence-corrected chi connectivity index (χ2v) is 10.5. The van der Waals surface area contributed by atoms with Crippen LogP contribution in [0.2, 0.25) is 0 Å². The van der Waals surface area contributed by atoms with Crippen LogP contribution in [0.1, 0.15) is 45.5 Å². The summed E-state index contributed by atoms with van der Waals surface area (Å²) in [6.07, 6.45) is 2.37. The summed E-state index contributed by atoms with van der Waals surface area (Å²) < 4.78 is 18.4. The minimum absolute atomic E-state index is 0.0429. The lowest BCUT2D eigenvalue weighted by molar-refractivity contribution is -0.267. The topological polar surface area (TPSA) is 27.7 Å². The third kappa shape index (κ3) is 4.88. The number of rotatable bonds is 5. The molecule has 2 fully saturated rings. The molecule has 1 aromatic carbocycles. The van der Waals surface area contributed by atoms with E-state index in [9.17, 15) is 0 Å². The van der Waals surface area contributed by atoms with Gasteiger partial charge in [-0.05, 0) is 42.4 Å². The quantitative estimate of drug-likeness (QED) is 0.684. The lowest BCUT2D eigenvalue weighted by Crippen LogP contribution is -2.44. The second-order valence-electron chi connectivity index (χ2n) is 7.71. The van der Waals surface area contributed by atoms with Gasteiger partial charge < -0.3 is 14.2 Å². The van der Waals surface area contributed by atoms with Crippen LogP contribution < -0.4 is 4.74 Å². The molecule has 5 heteroatoms. The predicted molar refractivity (Wildman–Crippen MR) is 107 cm³/mol. The predicted octanol–water partition coefficient (Wildman–Crippen LogP) is 5.36. The first-order valence-electron chi connectivity index (χ1n) is 9.14. The Hall–Kier alpha value is -0.360. The maximum absolute atomic E-state index is 6.44. The zero-order valence-corrected chi connectivity index (χ0v) is 17.3. The number of thioether (sulfide) groups is 2. The molecule has 1 unspecified atom stereocenters. The molecule has 0 radical (unpaired) electrons. The van der Waals surface area contributed by atoms with E-state index >= 15 is 0 Å². The number of hydrogen-bond acceptors (Lipinski definition) is 5. The minimum atomic E-state index is -0.275. The van der Waals surface area contributed by atoms with Crippen LogP contribution in [-0.4, -0.2) is 35.9 Å². The van der Waals surface area contributed by atoms with E-state index < -0.39 is 0 Å². The first kappa shape index (κ1) is 19.4. The van der Waals surface area contributed by atoms with Gasteiger partial charge in [-0.15, -0.1) is 23.5 Å². The largest absolute Gasteiger partial charge is 0.497 e. The van der Waals surface area contributed by atoms with Crippen LogP contribution in [-0.2, 0) is 9.47 Å². The van der Waals surface area contributed by atoms with E-state index in [-0.39, 0.29) is 17.8 Å². The van der Waals surface area contributed by atoms with Crippen molar-refractivity contribution in [2.75, 3.05) is 25.2 Å². The van der Waals surface area contributed by atoms with Crippen molar-refractivity contribution < 1.29 is 14.2 Å². The van der Waals surface area contributed by atoms with Crippen molar-refractivity contribution >= 4 is 23.5 Å². The van der Waals surface area contributed by atoms with Gasteiger partial charge in [0, 0.05) is 11.0 Å². The summed E-state index contributed by atoms with van der Waals surface area (Å²) in [5.41, 5.74) is 1.11. The number of hydrogen-bond donors (Lipinski definition) is 0. The monoisotopic (exact) mass is 382 g/mol. The molecule has 2 saturated heterocycles. The first-order valence-corrected chi connectivity index (χ1v) is 11.2. The molecule has 0 N–H and O–H groups in total. The average Bonchev–Trinajstić information content (AvgIpc) is 2.64. The summed E-state index contributed by atoms with van der Waals surface area (Å²) in [6.45, 7) is 7.63. The molecule has 0 aromatic heterocycles. The number of benzene rings is 1. The van der Waals surface area contributed by atoms with Crippen LogP contribution in [0.15, 0.2) is 24.3 Å². The summed E-state index contributed by atoms with van der Waals surface area (Å²) in [7, 11) is 1.68. The average molecular weight is 383 g/mol. The zero-order chi connectivity index (χ0) is 17.9. The van der Waals surface area contributed by atoms with Crippen molar-refractivity contribution in [1.29, 1.82) is 0 Å². The normalized spacial score (nSPS) is 28.5. The van der Waals surface area contributed by atoms with E-state index in [1.54, 1.807) is 7.11 Å². The molecular formula is C20H30O3S2. The van der Waals surface area contributed by atoms with E-state index in [2.05, 4.69) is 44.3 Å². The SMILES string of the molecule is COc1ccc(C2OCC(C)(C)[C@@H](C[C@@H](C)C3SCCCS3)O2)cc1. The van der Waals surface area contributed by atoms with E-state index in [0.717, 1.165) is 24.3 Å². The number of ether oxygens (including phenoxy) is 3. The van der Waals surface area contributed by atoms with Gasteiger partial charge in [-0.25, -0.2) is 0 Å². The molecule has 2 heterocycles. The Morgan fingerprint density at radius 1 is 1.20 bits per heavy atom. The fourth-order valence-corrected chi connectivity index (χ4v) is 6.46. The van der Waals surface area contributed by atoms with Crippen molar-refractivity contribution in [1.82, 2.24) is 0 Å². The standard InChI is InChI=1S/C20H30O3S2/c1-14(19-24-10-5-11-25-19)12-17-20(2,3)13-22-18(23-17)15-6-8-16(21-4)9-7-15/h6-9,14,17-19H,5,10-13H2,1-4H3/t14-,17-,18?/m1/s1. The highest BCUT2D eigenvalue weighted by molar-refractivity contribution is 8.17. The molecule has 2 aliphatic rings. The molecule has 0 amide bonds. The maximum Gasteiger partial charge on any atom is 0.184 e. The fourth-order valence-electron chi connectivity index (χ4n) is 3.35. The van der Waals surface area contributed by atoms with Gasteiger partial charge in [0.05, 0.1) is 24.4 Å². The Kier molecular flexibility index (Phi) is 6.64. The van der Waals surface area contributed by atoms with Gasteiger partial charge in [0.25, 0.3) is 0 Å². The molecule has 0 saturated carbocycles. The van der Waals surface area contributed by atoms with Crippen molar-refractivity contribution in [3.63, 3.8) is 0 Å². The van der Waals surface area contributed by atoms with Crippen molar-refractivity contribution in [3.8, 4) is 5.75 Å². The highest BCUT2D eigenvalue weighted by Crippen LogP contribution is 2.43. The highest BCUT2D eigenvalue weighted by atomic mass is 32.2. The van der Waals surface area contributed by atoms with Gasteiger partial charge in [0.15, 0.2) is 6.29 Å². The van der Waals surface area contributed by atoms with Gasteiger partial charge in [-0.2, -0.15) is 0 Å². The Morgan fingerprint density at radius 3 is 2.52 bits per heavy atom. The van der Waals surface area contributed by atoms with Crippen LogP contribution >= 0.6 is 23.5 Å². The summed E-state index contributed by atoms with van der Waals surface area (Å²) in [5, 5.41) is 0. The van der Waals surface area contributed by atoms with Gasteiger partial charge in [0.2, 0.25) is 0 Å². The minimum Gasteiger partial charge on any atom is -0.497 e. The smallest absolute Gasteiger partial charge is 0.184 e. The molecule has 0 aliphatic carbocycles. The molecule has 2 aliphatic heterocycles. The van der Waals surface area contributed by atoms with Gasteiger partial charge in [-0.1, -0.05) is 32.9 Å². The second kappa shape index (κ2) is 8.55. The zero-order valence-electron chi connectivity index (χ0n) is 15.7. The maximum atomic E-state index is 6.44. The van der Waals surface area contributed by atoms with Gasteiger partial charge in [-0.3, -0.25) is 0 Å². The van der Waals surface area contributed by atoms with Gasteiger partial charge in [0.1, 0.15) is 5.75 Å². The highest BCUT2D eigenvalue weighted by Gasteiger charge is 2.40. The Labute approximate surface area is 160 Å². The summed E-state index contributed by atoms with van der Waals surface area (Å²) in [6, 6.07) is 8.01. The molecular weight excluding hydrogens is 352 g/mol. The fraction of sp³-hybridized carbons (Fsp3) is 0.700. The molecule has 3 rings (SSSR count). The molecule has 0 bridgehead atoms. The first-order chi connectivity index (χ1) is 12.0. The van der Waals surface area contributed by atoms with Gasteiger partial charge >= 0.3 is 0 Å². The van der Waals surface area contributed by atoms with E-state index in [0.29, 0.717) is 10.5 Å². The van der Waals surface area contributed by atoms with Crippen LogP contribution in [0.3, 0.4) is 0 Å². The Bertz CT molecular complexity index is 540. The van der Waals surface area contributed by atoms with Crippen molar-refractivity contribution in [2.45, 2.75) is 50.6 Å². The lowest BCUT2D eigenvalue weighted by Gasteiger charge is -2.44. The van der Waals surface area contributed by atoms with Crippen LogP contribution in [0, 0.1) is 11.3 Å². The van der Waals surface area contributed by atoms with Crippen molar-refractivity contribution in [3.05, 3.63) is 29.8 Å². The van der Waals surface area contributed by atoms with Crippen LogP contribution in [0.25, 0.3) is 0 Å². The van der Waals surface area contributed by atoms with E-state index in [4.69, 9.17) is 14.2 Å². The summed E-state index contributed by atoms with van der Waals surface area (Å²) in [5.74, 6) is 4.11. The third-order valence-corrected chi connectivity index (χ3v) is 8.51. The molecule has 1 aromatic rings. The Balaban J connectivity index is 1.65. The molecule has 0 spiro atoms. The van der Waals surface area contributed by atoms with Crippen LogP contribution in [0.5, 0.6) is 5.75 Å². The lowest BCUT2D eigenvalue weighted by atomic mass is 9.82. The van der Waals surface area contributed by atoms with E-state index in [1.807, 2.05) is 24.3 Å². The molecule has 3 atom stereocenters. The summed E-state index contributed by atoms with van der Waals surface area (Å²) >= 11 is 4.25. The van der Waals surface area contributed by atoms with Crippen molar-refractivity contribution in [2.24, 2.45) is 11.3 Å².